The van der Waals surface area contributed by atoms with Crippen molar-refractivity contribution in [3.05, 3.63) is 92.8 Å². The highest BCUT2D eigenvalue weighted by atomic mass is 35.5. The third-order valence-electron chi connectivity index (χ3n) is 4.49. The predicted molar refractivity (Wildman–Crippen MR) is 127 cm³/mol. The van der Waals surface area contributed by atoms with Crippen LogP contribution in [0.5, 0.6) is 0 Å². The van der Waals surface area contributed by atoms with Crippen molar-refractivity contribution in [2.24, 2.45) is 0 Å². The molecule has 1 aromatic heterocycles. The van der Waals surface area contributed by atoms with Gasteiger partial charge in [-0.15, -0.1) is 11.8 Å². The number of benzene rings is 3. The first-order valence-electron chi connectivity index (χ1n) is 9.32. The van der Waals surface area contributed by atoms with E-state index in [0.717, 1.165) is 5.56 Å². The van der Waals surface area contributed by atoms with Crippen molar-refractivity contribution in [3.8, 4) is 11.5 Å². The number of thioether (sulfide) groups is 1. The minimum atomic E-state index is -0.436. The third kappa shape index (κ3) is 5.10. The molecule has 0 bridgehead atoms. The van der Waals surface area contributed by atoms with Crippen molar-refractivity contribution in [1.29, 1.82) is 0 Å². The molecular formula is C23H16Cl2N2O3S. The fourth-order valence-electron chi connectivity index (χ4n) is 2.95. The van der Waals surface area contributed by atoms with Gasteiger partial charge in [-0.2, -0.15) is 0 Å². The number of rotatable bonds is 6. The average Bonchev–Trinajstić information content (AvgIpc) is 2.76. The maximum Gasteiger partial charge on any atom is 0.347 e. The van der Waals surface area contributed by atoms with Crippen LogP contribution in [0.1, 0.15) is 5.56 Å². The lowest BCUT2D eigenvalue weighted by Crippen LogP contribution is -2.14. The van der Waals surface area contributed by atoms with Crippen molar-refractivity contribution in [2.75, 3.05) is 11.1 Å². The SMILES string of the molecule is O=C(CSCc1c(Cl)cccc1Cl)Nc1ccc(-c2nc3ccccc3c(=O)o2)cc1. The molecule has 0 saturated heterocycles. The molecule has 1 heterocycles. The molecule has 156 valence electrons. The van der Waals surface area contributed by atoms with E-state index in [1.54, 1.807) is 60.7 Å². The Morgan fingerprint density at radius 3 is 2.42 bits per heavy atom. The van der Waals surface area contributed by atoms with Gasteiger partial charge in [0.1, 0.15) is 0 Å². The van der Waals surface area contributed by atoms with Crippen LogP contribution in [-0.2, 0) is 10.5 Å². The number of hydrogen-bond acceptors (Lipinski definition) is 5. The van der Waals surface area contributed by atoms with E-state index < -0.39 is 5.63 Å². The van der Waals surface area contributed by atoms with Crippen LogP contribution in [0.3, 0.4) is 0 Å². The van der Waals surface area contributed by atoms with Crippen molar-refractivity contribution in [1.82, 2.24) is 4.98 Å². The number of anilines is 1. The maximum absolute atomic E-state index is 12.2. The van der Waals surface area contributed by atoms with Gasteiger partial charge in [-0.1, -0.05) is 41.4 Å². The Labute approximate surface area is 192 Å². The molecule has 8 heteroatoms. The molecule has 0 unspecified atom stereocenters. The number of hydrogen-bond donors (Lipinski definition) is 1. The van der Waals surface area contributed by atoms with Gasteiger partial charge in [-0.25, -0.2) is 9.78 Å². The number of carbonyl (C=O) groups excluding carboxylic acids is 1. The van der Waals surface area contributed by atoms with Crippen LogP contribution in [0.15, 0.2) is 75.9 Å². The Morgan fingerprint density at radius 1 is 0.968 bits per heavy atom. The summed E-state index contributed by atoms with van der Waals surface area (Å²) in [5, 5.41) is 4.45. The van der Waals surface area contributed by atoms with Crippen LogP contribution in [0.2, 0.25) is 10.0 Å². The van der Waals surface area contributed by atoms with Gasteiger partial charge in [0, 0.05) is 27.0 Å². The van der Waals surface area contributed by atoms with Crippen LogP contribution in [0.25, 0.3) is 22.4 Å². The number of carbonyl (C=O) groups is 1. The summed E-state index contributed by atoms with van der Waals surface area (Å²) < 4.78 is 5.33. The molecule has 0 saturated carbocycles. The van der Waals surface area contributed by atoms with Crippen molar-refractivity contribution < 1.29 is 9.21 Å². The molecule has 3 aromatic carbocycles. The standard InChI is InChI=1S/C23H16Cl2N2O3S/c24-18-5-3-6-19(25)17(18)12-31-13-21(28)26-15-10-8-14(9-11-15)22-27-20-7-2-1-4-16(20)23(29)30-22/h1-11H,12-13H2,(H,26,28). The molecule has 0 fully saturated rings. The molecule has 0 aliphatic carbocycles. The van der Waals surface area contributed by atoms with Crippen LogP contribution in [0, 0.1) is 0 Å². The molecule has 0 aliphatic rings. The first-order chi connectivity index (χ1) is 15.0. The molecule has 1 amide bonds. The van der Waals surface area contributed by atoms with Gasteiger partial charge in [0.25, 0.3) is 0 Å². The third-order valence-corrected chi connectivity index (χ3v) is 6.16. The number of nitrogens with one attached hydrogen (secondary N) is 1. The first kappa shape index (κ1) is 21.4. The van der Waals surface area contributed by atoms with Crippen molar-refractivity contribution in [3.63, 3.8) is 0 Å². The Hall–Kier alpha value is -2.80. The van der Waals surface area contributed by atoms with E-state index in [4.69, 9.17) is 27.6 Å². The van der Waals surface area contributed by atoms with Gasteiger partial charge < -0.3 is 9.73 Å². The lowest BCUT2D eigenvalue weighted by atomic mass is 10.2. The summed E-state index contributed by atoms with van der Waals surface area (Å²) in [6.07, 6.45) is 0. The molecule has 5 nitrogen and oxygen atoms in total. The lowest BCUT2D eigenvalue weighted by molar-refractivity contribution is -0.113. The number of amides is 1. The molecule has 0 atom stereocenters. The Bertz CT molecular complexity index is 1290. The second-order valence-electron chi connectivity index (χ2n) is 6.64. The van der Waals surface area contributed by atoms with Crippen LogP contribution < -0.4 is 10.9 Å². The molecule has 4 aromatic rings. The monoisotopic (exact) mass is 470 g/mol. The first-order valence-corrected chi connectivity index (χ1v) is 11.2. The Balaban J connectivity index is 1.38. The van der Waals surface area contributed by atoms with E-state index in [-0.39, 0.29) is 17.6 Å². The fraction of sp³-hybridized carbons (Fsp3) is 0.0870. The fourth-order valence-corrected chi connectivity index (χ4v) is 4.52. The summed E-state index contributed by atoms with van der Waals surface area (Å²) in [6.45, 7) is 0. The second kappa shape index (κ2) is 9.56. The van der Waals surface area contributed by atoms with E-state index in [9.17, 15) is 9.59 Å². The number of aromatic nitrogens is 1. The van der Waals surface area contributed by atoms with E-state index in [2.05, 4.69) is 10.3 Å². The predicted octanol–water partition coefficient (Wildman–Crippen LogP) is 6.03. The van der Waals surface area contributed by atoms with E-state index >= 15 is 0 Å². The zero-order chi connectivity index (χ0) is 21.8. The zero-order valence-corrected chi connectivity index (χ0v) is 18.4. The minimum absolute atomic E-state index is 0.142. The highest BCUT2D eigenvalue weighted by Crippen LogP contribution is 2.28. The summed E-state index contributed by atoms with van der Waals surface area (Å²) in [6, 6.07) is 19.3. The summed E-state index contributed by atoms with van der Waals surface area (Å²) in [7, 11) is 0. The van der Waals surface area contributed by atoms with Crippen LogP contribution >= 0.6 is 35.0 Å². The molecular weight excluding hydrogens is 455 g/mol. The summed E-state index contributed by atoms with van der Waals surface area (Å²) in [5.41, 5.74) is 2.23. The van der Waals surface area contributed by atoms with Gasteiger partial charge in [-0.3, -0.25) is 4.79 Å². The molecule has 1 N–H and O–H groups in total. The number of fused-ring (bicyclic) bond motifs is 1. The van der Waals surface area contributed by atoms with Gasteiger partial charge >= 0.3 is 5.63 Å². The van der Waals surface area contributed by atoms with Crippen LogP contribution in [-0.4, -0.2) is 16.6 Å². The Morgan fingerprint density at radius 2 is 1.68 bits per heavy atom. The van der Waals surface area contributed by atoms with Crippen LogP contribution in [0.4, 0.5) is 5.69 Å². The largest absolute Gasteiger partial charge is 0.403 e. The van der Waals surface area contributed by atoms with E-state index in [1.807, 2.05) is 6.07 Å². The topological polar surface area (TPSA) is 72.2 Å². The highest BCUT2D eigenvalue weighted by Gasteiger charge is 2.10. The second-order valence-corrected chi connectivity index (χ2v) is 8.44. The number of nitrogens with zero attached hydrogens (tertiary/aromatic N) is 1. The highest BCUT2D eigenvalue weighted by molar-refractivity contribution is 7.99. The van der Waals surface area contributed by atoms with E-state index in [0.29, 0.717) is 38.0 Å². The molecule has 0 radical (unpaired) electrons. The van der Waals surface area contributed by atoms with Gasteiger partial charge in [-0.05, 0) is 54.1 Å². The summed E-state index contributed by atoms with van der Waals surface area (Å²) >= 11 is 13.7. The van der Waals surface area contributed by atoms with Gasteiger partial charge in [0.05, 0.1) is 16.7 Å². The van der Waals surface area contributed by atoms with Crippen molar-refractivity contribution >= 4 is 57.5 Å². The molecule has 4 rings (SSSR count). The Kier molecular flexibility index (Phi) is 6.61. The number of para-hydroxylation sites is 1. The summed E-state index contributed by atoms with van der Waals surface area (Å²) in [4.78, 5) is 28.8. The smallest absolute Gasteiger partial charge is 0.347 e. The average molecular weight is 471 g/mol. The van der Waals surface area contributed by atoms with Crippen molar-refractivity contribution in [2.45, 2.75) is 5.75 Å². The lowest BCUT2D eigenvalue weighted by Gasteiger charge is -2.08. The molecule has 31 heavy (non-hydrogen) atoms. The van der Waals surface area contributed by atoms with Gasteiger partial charge in [0.2, 0.25) is 11.8 Å². The quantitative estimate of drug-likeness (QED) is 0.372. The normalized spacial score (nSPS) is 10.9. The molecule has 0 spiro atoms. The number of halogens is 2. The van der Waals surface area contributed by atoms with E-state index in [1.165, 1.54) is 11.8 Å². The zero-order valence-electron chi connectivity index (χ0n) is 16.1. The summed E-state index contributed by atoms with van der Waals surface area (Å²) in [5.74, 6) is 0.882. The maximum atomic E-state index is 12.2. The molecule has 0 aliphatic heterocycles. The van der Waals surface area contributed by atoms with Gasteiger partial charge in [0.15, 0.2) is 0 Å². The minimum Gasteiger partial charge on any atom is -0.403 e.